The predicted octanol–water partition coefficient (Wildman–Crippen LogP) is 2.95. The number of nitrogens with zero attached hydrogens (tertiary/aromatic N) is 3. The largest absolute Gasteiger partial charge is 0.493 e. The van der Waals surface area contributed by atoms with Crippen LogP contribution in [0.25, 0.3) is 22.4 Å². The number of hydrogen-bond acceptors (Lipinski definition) is 7. The van der Waals surface area contributed by atoms with E-state index in [9.17, 15) is 18.3 Å². The molecule has 0 fully saturated rings. The first-order chi connectivity index (χ1) is 18.3. The van der Waals surface area contributed by atoms with Crippen molar-refractivity contribution >= 4 is 21.1 Å². The SMILES string of the molecule is CCCc1nn(C)c2c(=O)[nH]c(-c3cc(S(=O)(=O)NC(CCO)Cc4ccccc4)ccc3OCC)nc12. The van der Waals surface area contributed by atoms with Crippen molar-refractivity contribution in [2.24, 2.45) is 7.05 Å². The number of rotatable bonds is 12. The zero-order chi connectivity index (χ0) is 27.3. The van der Waals surface area contributed by atoms with E-state index in [-0.39, 0.29) is 29.3 Å². The number of hydrogen-bond donors (Lipinski definition) is 3. The lowest BCUT2D eigenvalue weighted by Crippen LogP contribution is -2.37. The number of aliphatic hydroxyl groups is 1. The van der Waals surface area contributed by atoms with Gasteiger partial charge < -0.3 is 14.8 Å². The highest BCUT2D eigenvalue weighted by molar-refractivity contribution is 7.89. The summed E-state index contributed by atoms with van der Waals surface area (Å²) in [6.45, 7) is 4.02. The molecule has 0 saturated carbocycles. The van der Waals surface area contributed by atoms with Crippen LogP contribution in [0.15, 0.2) is 58.2 Å². The summed E-state index contributed by atoms with van der Waals surface area (Å²) in [7, 11) is -2.29. The molecule has 0 spiro atoms. The third-order valence-corrected chi connectivity index (χ3v) is 7.71. The summed E-state index contributed by atoms with van der Waals surface area (Å²) in [5.74, 6) is 0.593. The van der Waals surface area contributed by atoms with Crippen molar-refractivity contribution in [1.29, 1.82) is 0 Å². The fourth-order valence-electron chi connectivity index (χ4n) is 4.47. The van der Waals surface area contributed by atoms with Crippen LogP contribution >= 0.6 is 0 Å². The fraction of sp³-hybridized carbons (Fsp3) is 0.370. The van der Waals surface area contributed by atoms with E-state index in [1.807, 2.05) is 44.2 Å². The molecule has 0 saturated heterocycles. The molecule has 2 aromatic heterocycles. The Morgan fingerprint density at radius 2 is 1.92 bits per heavy atom. The highest BCUT2D eigenvalue weighted by Gasteiger charge is 2.24. The second-order valence-electron chi connectivity index (χ2n) is 9.04. The van der Waals surface area contributed by atoms with Crippen molar-refractivity contribution in [2.75, 3.05) is 13.2 Å². The van der Waals surface area contributed by atoms with Gasteiger partial charge in [-0.05, 0) is 49.9 Å². The average molecular weight is 540 g/mol. The van der Waals surface area contributed by atoms with Crippen LogP contribution in [-0.2, 0) is 29.9 Å². The van der Waals surface area contributed by atoms with Gasteiger partial charge in [0.2, 0.25) is 10.0 Å². The minimum Gasteiger partial charge on any atom is -0.493 e. The molecular formula is C27H33N5O5S. The first-order valence-electron chi connectivity index (χ1n) is 12.7. The molecule has 0 aliphatic carbocycles. The number of H-pyrrole nitrogens is 1. The molecular weight excluding hydrogens is 506 g/mol. The third-order valence-electron chi connectivity index (χ3n) is 6.19. The third kappa shape index (κ3) is 5.95. The van der Waals surface area contributed by atoms with Gasteiger partial charge in [-0.2, -0.15) is 5.10 Å². The van der Waals surface area contributed by atoms with Crippen LogP contribution in [0, 0.1) is 0 Å². The summed E-state index contributed by atoms with van der Waals surface area (Å²) < 4.78 is 36.9. The lowest BCUT2D eigenvalue weighted by molar-refractivity contribution is 0.271. The van der Waals surface area contributed by atoms with E-state index in [2.05, 4.69) is 14.8 Å². The Hall–Kier alpha value is -3.54. The van der Waals surface area contributed by atoms with Crippen molar-refractivity contribution in [3.63, 3.8) is 0 Å². The average Bonchev–Trinajstić information content (AvgIpc) is 3.20. The molecule has 202 valence electrons. The number of nitrogens with one attached hydrogen (secondary N) is 2. The molecule has 38 heavy (non-hydrogen) atoms. The van der Waals surface area contributed by atoms with Crippen LogP contribution in [0.5, 0.6) is 5.75 Å². The standard InChI is InChI=1S/C27H33N5O5S/c1-4-9-22-24-25(32(3)30-22)27(34)29-26(28-24)21-17-20(12-13-23(21)37-5-2)38(35,36)31-19(14-15-33)16-18-10-7-6-8-11-18/h6-8,10-13,17,19,31,33H,4-5,9,14-16H2,1-3H3,(H,28,29,34). The molecule has 0 aliphatic rings. The molecule has 0 amide bonds. The summed E-state index contributed by atoms with van der Waals surface area (Å²) in [6.07, 6.45) is 2.16. The smallest absolute Gasteiger partial charge is 0.277 e. The Morgan fingerprint density at radius 1 is 1.16 bits per heavy atom. The molecule has 0 aliphatic heterocycles. The maximum atomic E-state index is 13.4. The number of ether oxygens (including phenoxy) is 1. The maximum Gasteiger partial charge on any atom is 0.277 e. The number of aliphatic hydroxyl groups excluding tert-OH is 1. The van der Waals surface area contributed by atoms with Gasteiger partial charge in [0.25, 0.3) is 5.56 Å². The predicted molar refractivity (Wildman–Crippen MR) is 146 cm³/mol. The van der Waals surface area contributed by atoms with Crippen LogP contribution in [-0.4, -0.2) is 52.5 Å². The first-order valence-corrected chi connectivity index (χ1v) is 14.2. The van der Waals surface area contributed by atoms with Gasteiger partial charge in [0.15, 0.2) is 5.52 Å². The summed E-state index contributed by atoms with van der Waals surface area (Å²) in [5.41, 5.74) is 2.47. The van der Waals surface area contributed by atoms with E-state index in [4.69, 9.17) is 9.72 Å². The highest BCUT2D eigenvalue weighted by atomic mass is 32.2. The molecule has 4 aromatic rings. The topological polar surface area (TPSA) is 139 Å². The normalized spacial score (nSPS) is 12.6. The lowest BCUT2D eigenvalue weighted by atomic mass is 10.0. The molecule has 3 N–H and O–H groups in total. The summed E-state index contributed by atoms with van der Waals surface area (Å²) >= 11 is 0. The molecule has 10 nitrogen and oxygen atoms in total. The van der Waals surface area contributed by atoms with Crippen LogP contribution in [0.1, 0.15) is 37.9 Å². The molecule has 4 rings (SSSR count). The molecule has 1 atom stereocenters. The number of fused-ring (bicyclic) bond motifs is 1. The van der Waals surface area contributed by atoms with E-state index in [0.29, 0.717) is 47.5 Å². The molecule has 0 radical (unpaired) electrons. The van der Waals surface area contributed by atoms with Crippen molar-refractivity contribution in [2.45, 2.75) is 50.5 Å². The Kier molecular flexibility index (Phi) is 8.60. The second kappa shape index (κ2) is 11.9. The molecule has 2 heterocycles. The van der Waals surface area contributed by atoms with E-state index in [1.54, 1.807) is 13.1 Å². The van der Waals surface area contributed by atoms with Crippen LogP contribution in [0.2, 0.25) is 0 Å². The van der Waals surface area contributed by atoms with E-state index >= 15 is 0 Å². The minimum atomic E-state index is -3.98. The number of aryl methyl sites for hydroxylation is 2. The van der Waals surface area contributed by atoms with E-state index in [0.717, 1.165) is 12.0 Å². The van der Waals surface area contributed by atoms with Gasteiger partial charge in [-0.15, -0.1) is 0 Å². The summed E-state index contributed by atoms with van der Waals surface area (Å²) in [5, 5.41) is 14.0. The first kappa shape index (κ1) is 27.5. The number of benzene rings is 2. The molecule has 0 bridgehead atoms. The summed E-state index contributed by atoms with van der Waals surface area (Å²) in [4.78, 5) is 20.5. The van der Waals surface area contributed by atoms with Crippen molar-refractivity contribution in [3.05, 3.63) is 70.1 Å². The minimum absolute atomic E-state index is 0.00494. The van der Waals surface area contributed by atoms with Gasteiger partial charge in [-0.3, -0.25) is 9.48 Å². The highest BCUT2D eigenvalue weighted by Crippen LogP contribution is 2.31. The molecule has 2 aromatic carbocycles. The Bertz CT molecular complexity index is 1560. The lowest BCUT2D eigenvalue weighted by Gasteiger charge is -2.19. The van der Waals surface area contributed by atoms with Crippen LogP contribution in [0.3, 0.4) is 0 Å². The second-order valence-corrected chi connectivity index (χ2v) is 10.8. The Morgan fingerprint density at radius 3 is 2.61 bits per heavy atom. The van der Waals surface area contributed by atoms with E-state index in [1.165, 1.54) is 16.8 Å². The summed E-state index contributed by atoms with van der Waals surface area (Å²) in [6, 6.07) is 13.4. The Balaban J connectivity index is 1.76. The van der Waals surface area contributed by atoms with Crippen molar-refractivity contribution in [3.8, 4) is 17.1 Å². The maximum absolute atomic E-state index is 13.4. The van der Waals surface area contributed by atoms with Gasteiger partial charge in [0.05, 0.1) is 22.8 Å². The van der Waals surface area contributed by atoms with Gasteiger partial charge in [-0.25, -0.2) is 18.1 Å². The van der Waals surface area contributed by atoms with Crippen molar-refractivity contribution < 1.29 is 18.3 Å². The van der Waals surface area contributed by atoms with E-state index < -0.39 is 16.1 Å². The number of aromatic amines is 1. The molecule has 1 unspecified atom stereocenters. The van der Waals surface area contributed by atoms with Gasteiger partial charge in [0.1, 0.15) is 17.1 Å². The van der Waals surface area contributed by atoms with Gasteiger partial charge >= 0.3 is 0 Å². The number of aromatic nitrogens is 4. The fourth-order valence-corrected chi connectivity index (χ4v) is 5.76. The number of sulfonamides is 1. The Labute approximate surface area is 221 Å². The monoisotopic (exact) mass is 539 g/mol. The zero-order valence-corrected chi connectivity index (χ0v) is 22.6. The zero-order valence-electron chi connectivity index (χ0n) is 21.8. The quantitative estimate of drug-likeness (QED) is 0.252. The van der Waals surface area contributed by atoms with Gasteiger partial charge in [0, 0.05) is 19.7 Å². The van der Waals surface area contributed by atoms with Crippen LogP contribution in [0.4, 0.5) is 0 Å². The van der Waals surface area contributed by atoms with Crippen molar-refractivity contribution in [1.82, 2.24) is 24.5 Å². The van der Waals surface area contributed by atoms with Gasteiger partial charge in [-0.1, -0.05) is 43.7 Å². The molecule has 11 heteroatoms. The van der Waals surface area contributed by atoms with Crippen LogP contribution < -0.4 is 15.0 Å².